The number of rotatable bonds is 3. The molecule has 1 aliphatic carbocycles. The first kappa shape index (κ1) is 20.8. The summed E-state index contributed by atoms with van der Waals surface area (Å²) in [6.45, 7) is 3.21. The van der Waals surface area contributed by atoms with Crippen LogP contribution in [0.5, 0.6) is 0 Å². The van der Waals surface area contributed by atoms with Crippen LogP contribution in [0.3, 0.4) is 0 Å². The number of piperazine rings is 1. The van der Waals surface area contributed by atoms with Gasteiger partial charge in [0.15, 0.2) is 0 Å². The third-order valence-corrected chi connectivity index (χ3v) is 6.40. The monoisotopic (exact) mass is 440 g/mol. The van der Waals surface area contributed by atoms with Gasteiger partial charge in [-0.1, -0.05) is 6.08 Å². The number of H-pyrrole nitrogens is 1. The second kappa shape index (κ2) is 8.09. The van der Waals surface area contributed by atoms with Gasteiger partial charge in [-0.15, -0.1) is 0 Å². The highest BCUT2D eigenvalue weighted by atomic mass is 19.4. The maximum Gasteiger partial charge on any atom is 0.416 e. The average Bonchev–Trinajstić information content (AvgIpc) is 3.29. The fourth-order valence-electron chi connectivity index (χ4n) is 4.65. The maximum atomic E-state index is 12.8. The van der Waals surface area contributed by atoms with Crippen molar-refractivity contribution in [1.82, 2.24) is 14.9 Å². The van der Waals surface area contributed by atoms with Crippen LogP contribution in [0.2, 0.25) is 0 Å². The second-order valence-electron chi connectivity index (χ2n) is 8.31. The number of anilines is 1. The first-order valence-corrected chi connectivity index (χ1v) is 10.7. The Morgan fingerprint density at radius 3 is 2.50 bits per heavy atom. The van der Waals surface area contributed by atoms with E-state index in [9.17, 15) is 18.0 Å². The lowest BCUT2D eigenvalue weighted by molar-refractivity contribution is -0.137. The minimum absolute atomic E-state index is 0.125. The third-order valence-electron chi connectivity index (χ3n) is 6.40. The van der Waals surface area contributed by atoms with Crippen molar-refractivity contribution in [3.63, 3.8) is 0 Å². The molecular formula is C24H23F3N4O. The molecular weight excluding hydrogens is 417 g/mol. The van der Waals surface area contributed by atoms with Crippen molar-refractivity contribution < 1.29 is 13.2 Å². The van der Waals surface area contributed by atoms with E-state index in [4.69, 9.17) is 0 Å². The number of fused-ring (bicyclic) bond motifs is 1. The van der Waals surface area contributed by atoms with Crippen LogP contribution in [0.15, 0.2) is 59.5 Å². The van der Waals surface area contributed by atoms with Crippen molar-refractivity contribution in [2.75, 3.05) is 31.1 Å². The summed E-state index contributed by atoms with van der Waals surface area (Å²) in [5, 5.41) is 0.589. The Hall–Kier alpha value is -3.13. The number of aromatic nitrogens is 2. The molecule has 0 saturated carbocycles. The lowest BCUT2D eigenvalue weighted by Gasteiger charge is -2.38. The van der Waals surface area contributed by atoms with Crippen LogP contribution in [-0.2, 0) is 6.18 Å². The molecule has 0 amide bonds. The fourth-order valence-corrected chi connectivity index (χ4v) is 4.65. The first-order valence-electron chi connectivity index (χ1n) is 10.7. The molecule has 1 N–H and O–H groups in total. The highest BCUT2D eigenvalue weighted by Crippen LogP contribution is 2.32. The Balaban J connectivity index is 1.25. The van der Waals surface area contributed by atoms with Gasteiger partial charge in [-0.3, -0.25) is 14.7 Å². The van der Waals surface area contributed by atoms with Gasteiger partial charge in [-0.2, -0.15) is 13.2 Å². The number of benzene rings is 1. The second-order valence-corrected chi connectivity index (χ2v) is 8.31. The van der Waals surface area contributed by atoms with Gasteiger partial charge in [0.2, 0.25) is 0 Å². The molecule has 5 rings (SSSR count). The molecule has 3 heterocycles. The van der Waals surface area contributed by atoms with E-state index in [1.807, 2.05) is 6.07 Å². The molecule has 32 heavy (non-hydrogen) atoms. The van der Waals surface area contributed by atoms with Crippen LogP contribution in [0, 0.1) is 0 Å². The Morgan fingerprint density at radius 1 is 1.03 bits per heavy atom. The molecule has 0 spiro atoms. The predicted octanol–water partition coefficient (Wildman–Crippen LogP) is 4.31. The average molecular weight is 440 g/mol. The maximum absolute atomic E-state index is 12.8. The molecule has 2 aromatic heterocycles. The van der Waals surface area contributed by atoms with E-state index in [1.54, 1.807) is 30.5 Å². The topological polar surface area (TPSA) is 52.2 Å². The van der Waals surface area contributed by atoms with Gasteiger partial charge in [0.25, 0.3) is 5.56 Å². The smallest absolute Gasteiger partial charge is 0.369 e. The Labute approximate surface area is 183 Å². The van der Waals surface area contributed by atoms with E-state index >= 15 is 0 Å². The van der Waals surface area contributed by atoms with E-state index in [-0.39, 0.29) is 5.56 Å². The normalized spacial score (nSPS) is 20.0. The number of hydrogen-bond donors (Lipinski definition) is 1. The summed E-state index contributed by atoms with van der Waals surface area (Å²) >= 11 is 0. The summed E-state index contributed by atoms with van der Waals surface area (Å²) in [4.78, 5) is 24.2. The van der Waals surface area contributed by atoms with Gasteiger partial charge in [-0.05, 0) is 60.9 Å². The number of alkyl halides is 3. The molecule has 3 aromatic rings. The van der Waals surface area contributed by atoms with Gasteiger partial charge in [0.05, 0.1) is 16.5 Å². The Morgan fingerprint density at radius 2 is 1.78 bits per heavy atom. The van der Waals surface area contributed by atoms with E-state index < -0.39 is 11.7 Å². The molecule has 5 nitrogen and oxygen atoms in total. The largest absolute Gasteiger partial charge is 0.416 e. The summed E-state index contributed by atoms with van der Waals surface area (Å²) in [5.74, 6) is 0. The van der Waals surface area contributed by atoms with Crippen LogP contribution < -0.4 is 10.5 Å². The highest BCUT2D eigenvalue weighted by molar-refractivity contribution is 5.81. The summed E-state index contributed by atoms with van der Waals surface area (Å²) in [5.41, 5.74) is 2.73. The molecule has 0 bridgehead atoms. The molecule has 8 heteroatoms. The number of nitrogens with one attached hydrogen (secondary N) is 1. The summed E-state index contributed by atoms with van der Waals surface area (Å²) in [7, 11) is 0. The molecule has 1 atom stereocenters. The Bertz CT molecular complexity index is 1210. The van der Waals surface area contributed by atoms with Crippen LogP contribution in [0.4, 0.5) is 18.9 Å². The van der Waals surface area contributed by atoms with Crippen LogP contribution in [-0.4, -0.2) is 47.1 Å². The highest BCUT2D eigenvalue weighted by Gasteiger charge is 2.31. The zero-order valence-electron chi connectivity index (χ0n) is 17.4. The number of hydrogen-bond acceptors (Lipinski definition) is 4. The van der Waals surface area contributed by atoms with Gasteiger partial charge < -0.3 is 9.88 Å². The molecule has 1 fully saturated rings. The molecule has 1 saturated heterocycles. The van der Waals surface area contributed by atoms with Crippen molar-refractivity contribution in [2.45, 2.75) is 25.1 Å². The zero-order valence-corrected chi connectivity index (χ0v) is 17.4. The quantitative estimate of drug-likeness (QED) is 0.660. The summed E-state index contributed by atoms with van der Waals surface area (Å²) < 4.78 is 38.4. The predicted molar refractivity (Wildman–Crippen MR) is 119 cm³/mol. The van der Waals surface area contributed by atoms with Crippen molar-refractivity contribution in [3.05, 3.63) is 76.3 Å². The van der Waals surface area contributed by atoms with Crippen molar-refractivity contribution in [3.8, 4) is 0 Å². The van der Waals surface area contributed by atoms with Crippen molar-refractivity contribution >= 4 is 22.2 Å². The van der Waals surface area contributed by atoms with Gasteiger partial charge in [-0.25, -0.2) is 0 Å². The standard InChI is InChI=1S/C24H23F3N4O/c25-24(26,27)17-4-7-18(8-5-17)30-10-12-31(13-11-30)19-6-3-16(14-19)21-15-22-20(23(32)29-21)2-1-9-28-22/h1-2,4-5,7-9,14-15,19H,3,6,10-13H2,(H,29,32). The minimum atomic E-state index is -4.31. The van der Waals surface area contributed by atoms with E-state index in [0.29, 0.717) is 16.9 Å². The molecule has 1 unspecified atom stereocenters. The molecule has 1 aromatic carbocycles. The van der Waals surface area contributed by atoms with E-state index in [2.05, 4.69) is 25.8 Å². The van der Waals surface area contributed by atoms with Gasteiger partial charge in [0, 0.05) is 49.8 Å². The molecule has 166 valence electrons. The lowest BCUT2D eigenvalue weighted by Crippen LogP contribution is -2.49. The van der Waals surface area contributed by atoms with Crippen molar-refractivity contribution in [1.29, 1.82) is 0 Å². The summed E-state index contributed by atoms with van der Waals surface area (Å²) in [6, 6.07) is 11.2. The summed E-state index contributed by atoms with van der Waals surface area (Å²) in [6.07, 6.45) is 1.48. The number of nitrogens with zero attached hydrogens (tertiary/aromatic N) is 3. The number of halogens is 3. The SMILES string of the molecule is O=c1[nH]c(C2=CC(N3CCN(c4ccc(C(F)(F)F)cc4)CC3)CC2)cc2ncccc12. The fraction of sp³-hybridized carbons (Fsp3) is 0.333. The minimum Gasteiger partial charge on any atom is -0.369 e. The first-order chi connectivity index (χ1) is 15.4. The molecule has 2 aliphatic rings. The molecule has 1 aliphatic heterocycles. The number of aromatic amines is 1. The third kappa shape index (κ3) is 4.02. The van der Waals surface area contributed by atoms with E-state index in [1.165, 1.54) is 0 Å². The van der Waals surface area contributed by atoms with Crippen LogP contribution in [0.25, 0.3) is 16.5 Å². The lowest BCUT2D eigenvalue weighted by atomic mass is 10.1. The van der Waals surface area contributed by atoms with Crippen LogP contribution in [0.1, 0.15) is 24.1 Å². The zero-order chi connectivity index (χ0) is 22.3. The number of pyridine rings is 2. The van der Waals surface area contributed by atoms with E-state index in [0.717, 1.165) is 68.1 Å². The van der Waals surface area contributed by atoms with Gasteiger partial charge >= 0.3 is 6.18 Å². The van der Waals surface area contributed by atoms with Crippen molar-refractivity contribution in [2.24, 2.45) is 0 Å². The number of allylic oxidation sites excluding steroid dienone is 1. The Kier molecular flexibility index (Phi) is 5.25. The molecule has 0 radical (unpaired) electrons. The van der Waals surface area contributed by atoms with Crippen LogP contribution >= 0.6 is 0 Å². The van der Waals surface area contributed by atoms with Gasteiger partial charge in [0.1, 0.15) is 0 Å².